The highest BCUT2D eigenvalue weighted by atomic mass is 16.3. The van der Waals surface area contributed by atoms with E-state index in [1.165, 1.54) is 21.5 Å². The van der Waals surface area contributed by atoms with Gasteiger partial charge in [-0.25, -0.2) is 4.99 Å². The Morgan fingerprint density at radius 2 is 1.18 bits per heavy atom. The molecule has 2 unspecified atom stereocenters. The monoisotopic (exact) mass is 733 g/mol. The van der Waals surface area contributed by atoms with E-state index in [1.807, 2.05) is 24.3 Å². The SMILES string of the molecule is CCC1C(c2ccccc2)=NC(c2cc(-n3c4ccccc4c4cc5ccccc5cc43)cc3c2oc2ccccc23)=NC1c1cccc2c1oc1ccccc12. The average Bonchev–Trinajstić information content (AvgIpc) is 3.94. The minimum atomic E-state index is -0.260. The van der Waals surface area contributed by atoms with Gasteiger partial charge in [0.2, 0.25) is 0 Å². The molecule has 11 aromatic rings. The van der Waals surface area contributed by atoms with E-state index in [4.69, 9.17) is 18.8 Å². The van der Waals surface area contributed by atoms with Crippen LogP contribution in [-0.2, 0) is 0 Å². The zero-order chi connectivity index (χ0) is 37.6. The van der Waals surface area contributed by atoms with Crippen LogP contribution in [0.25, 0.3) is 82.1 Å². The summed E-state index contributed by atoms with van der Waals surface area (Å²) in [6, 6.07) is 59.8. The van der Waals surface area contributed by atoms with E-state index in [1.54, 1.807) is 0 Å². The molecule has 1 aliphatic heterocycles. The maximum atomic E-state index is 6.81. The summed E-state index contributed by atoms with van der Waals surface area (Å²) in [6.07, 6.45) is 0.848. The van der Waals surface area contributed by atoms with Crippen LogP contribution in [0.1, 0.15) is 36.1 Å². The first kappa shape index (κ1) is 32.0. The molecule has 57 heavy (non-hydrogen) atoms. The van der Waals surface area contributed by atoms with Crippen molar-refractivity contribution in [1.29, 1.82) is 0 Å². The normalized spacial score (nSPS) is 16.1. The summed E-state index contributed by atoms with van der Waals surface area (Å²) in [5.41, 5.74) is 10.7. The molecule has 1 aliphatic rings. The lowest BCUT2D eigenvalue weighted by Crippen LogP contribution is -2.28. The second kappa shape index (κ2) is 12.4. The lowest BCUT2D eigenvalue weighted by Gasteiger charge is -2.30. The largest absolute Gasteiger partial charge is 0.456 e. The molecule has 5 heteroatoms. The Balaban J connectivity index is 1.17. The zero-order valence-electron chi connectivity index (χ0n) is 31.2. The second-order valence-corrected chi connectivity index (χ2v) is 15.1. The lowest BCUT2D eigenvalue weighted by atomic mass is 9.82. The van der Waals surface area contributed by atoms with Gasteiger partial charge in [-0.3, -0.25) is 4.99 Å². The average molecular weight is 734 g/mol. The van der Waals surface area contributed by atoms with Crippen molar-refractivity contribution in [3.63, 3.8) is 0 Å². The number of benzene rings is 8. The van der Waals surface area contributed by atoms with E-state index >= 15 is 0 Å². The summed E-state index contributed by atoms with van der Waals surface area (Å²) in [7, 11) is 0. The second-order valence-electron chi connectivity index (χ2n) is 15.1. The Labute approximate surface area is 327 Å². The first-order chi connectivity index (χ1) is 28.2. The lowest BCUT2D eigenvalue weighted by molar-refractivity contribution is 0.527. The Bertz CT molecular complexity index is 3470. The highest BCUT2D eigenvalue weighted by Gasteiger charge is 2.35. The minimum Gasteiger partial charge on any atom is -0.456 e. The van der Waals surface area contributed by atoms with Gasteiger partial charge < -0.3 is 13.4 Å². The molecule has 8 aromatic carbocycles. The maximum absolute atomic E-state index is 6.81. The first-order valence-corrected chi connectivity index (χ1v) is 19.7. The van der Waals surface area contributed by atoms with Crippen LogP contribution >= 0.6 is 0 Å². The molecule has 4 heterocycles. The minimum absolute atomic E-state index is 0.00919. The van der Waals surface area contributed by atoms with E-state index in [2.05, 4.69) is 157 Å². The van der Waals surface area contributed by atoms with Crippen LogP contribution in [-0.4, -0.2) is 16.1 Å². The third-order valence-corrected chi connectivity index (χ3v) is 12.0. The molecule has 2 atom stereocenters. The van der Waals surface area contributed by atoms with Crippen molar-refractivity contribution in [3.8, 4) is 5.69 Å². The van der Waals surface area contributed by atoms with Crippen molar-refractivity contribution in [2.24, 2.45) is 15.9 Å². The number of para-hydroxylation sites is 4. The van der Waals surface area contributed by atoms with Crippen LogP contribution in [0.3, 0.4) is 0 Å². The smallest absolute Gasteiger partial charge is 0.159 e. The molecule has 0 amide bonds. The number of aromatic nitrogens is 1. The molecule has 0 spiro atoms. The third kappa shape index (κ3) is 4.82. The Morgan fingerprint density at radius 1 is 0.526 bits per heavy atom. The quantitative estimate of drug-likeness (QED) is 0.177. The van der Waals surface area contributed by atoms with Gasteiger partial charge in [-0.15, -0.1) is 0 Å². The van der Waals surface area contributed by atoms with Crippen molar-refractivity contribution in [2.75, 3.05) is 0 Å². The van der Waals surface area contributed by atoms with Gasteiger partial charge in [0.25, 0.3) is 0 Å². The fourth-order valence-electron chi connectivity index (χ4n) is 9.36. The molecular weight excluding hydrogens is 699 g/mol. The molecule has 0 saturated carbocycles. The third-order valence-electron chi connectivity index (χ3n) is 12.0. The first-order valence-electron chi connectivity index (χ1n) is 19.7. The molecule has 0 bridgehead atoms. The molecule has 0 N–H and O–H groups in total. The molecule has 270 valence electrons. The molecule has 0 fully saturated rings. The number of nitrogens with zero attached hydrogens (tertiary/aromatic N) is 3. The summed E-state index contributed by atoms with van der Waals surface area (Å²) in [5, 5.41) is 9.13. The highest BCUT2D eigenvalue weighted by molar-refractivity contribution is 6.22. The topological polar surface area (TPSA) is 55.9 Å². The summed E-state index contributed by atoms with van der Waals surface area (Å²) in [4.78, 5) is 11.2. The summed E-state index contributed by atoms with van der Waals surface area (Å²) < 4.78 is 15.9. The van der Waals surface area contributed by atoms with Crippen molar-refractivity contribution < 1.29 is 8.83 Å². The van der Waals surface area contributed by atoms with Gasteiger partial charge in [-0.1, -0.05) is 134 Å². The number of hydrogen-bond donors (Lipinski definition) is 0. The van der Waals surface area contributed by atoms with Crippen molar-refractivity contribution >= 4 is 88.0 Å². The Kier molecular flexibility index (Phi) is 6.96. The van der Waals surface area contributed by atoms with Gasteiger partial charge in [0.1, 0.15) is 22.3 Å². The Hall–Kier alpha value is -7.24. The van der Waals surface area contributed by atoms with Gasteiger partial charge in [0.05, 0.1) is 28.4 Å². The number of furan rings is 2. The van der Waals surface area contributed by atoms with Crippen molar-refractivity contribution in [2.45, 2.75) is 19.4 Å². The summed E-state index contributed by atoms with van der Waals surface area (Å²) in [6.45, 7) is 2.24. The van der Waals surface area contributed by atoms with E-state index in [0.29, 0.717) is 5.84 Å². The van der Waals surface area contributed by atoms with Crippen LogP contribution in [0.15, 0.2) is 189 Å². The maximum Gasteiger partial charge on any atom is 0.159 e. The summed E-state index contributed by atoms with van der Waals surface area (Å²) in [5.74, 6) is 0.656. The van der Waals surface area contributed by atoms with Crippen LogP contribution in [0.4, 0.5) is 0 Å². The molecule has 12 rings (SSSR count). The molecule has 5 nitrogen and oxygen atoms in total. The van der Waals surface area contributed by atoms with E-state index in [9.17, 15) is 0 Å². The Morgan fingerprint density at radius 3 is 1.96 bits per heavy atom. The summed E-state index contributed by atoms with van der Waals surface area (Å²) >= 11 is 0. The van der Waals surface area contributed by atoms with Gasteiger partial charge in [-0.05, 0) is 65.2 Å². The molecular formula is C52H35N3O2. The van der Waals surface area contributed by atoms with Gasteiger partial charge in [0, 0.05) is 49.5 Å². The fraction of sp³-hybridized carbons (Fsp3) is 0.0769. The standard InChI is InChI=1S/C52H35N3O2/c1-2-35-48(31-15-4-3-5-16-31)53-52(54-49(35)40-23-14-22-39-37-20-9-12-25-46(37)56-50(39)40)43-30-34(29-42-38-21-10-13-26-47(38)57-51(42)43)55-44-24-11-8-19-36(44)41-27-32-17-6-7-18-33(32)28-45(41)55/h3-30,35,49H,2H2,1H3. The van der Waals surface area contributed by atoms with Gasteiger partial charge in [-0.2, -0.15) is 0 Å². The van der Waals surface area contributed by atoms with Crippen LogP contribution in [0.2, 0.25) is 0 Å². The number of amidine groups is 1. The number of fused-ring (bicyclic) bond motifs is 10. The molecule has 0 aliphatic carbocycles. The predicted molar refractivity (Wildman–Crippen MR) is 235 cm³/mol. The molecule has 3 aromatic heterocycles. The van der Waals surface area contributed by atoms with E-state index < -0.39 is 0 Å². The number of hydrogen-bond acceptors (Lipinski definition) is 4. The van der Waals surface area contributed by atoms with Crippen LogP contribution < -0.4 is 0 Å². The highest BCUT2D eigenvalue weighted by Crippen LogP contribution is 2.44. The number of aliphatic imine (C=N–C) groups is 2. The van der Waals surface area contributed by atoms with Crippen molar-refractivity contribution in [3.05, 3.63) is 187 Å². The van der Waals surface area contributed by atoms with E-state index in [0.717, 1.165) is 89.4 Å². The van der Waals surface area contributed by atoms with Crippen LogP contribution in [0.5, 0.6) is 0 Å². The number of rotatable bonds is 5. The predicted octanol–water partition coefficient (Wildman–Crippen LogP) is 13.8. The fourth-order valence-corrected chi connectivity index (χ4v) is 9.36. The van der Waals surface area contributed by atoms with Gasteiger partial charge >= 0.3 is 0 Å². The van der Waals surface area contributed by atoms with E-state index in [-0.39, 0.29) is 12.0 Å². The van der Waals surface area contributed by atoms with Crippen LogP contribution in [0, 0.1) is 5.92 Å². The molecule has 0 radical (unpaired) electrons. The van der Waals surface area contributed by atoms with Crippen molar-refractivity contribution in [1.82, 2.24) is 4.57 Å². The van der Waals surface area contributed by atoms with Gasteiger partial charge in [0.15, 0.2) is 5.84 Å². The molecule has 0 saturated heterocycles. The zero-order valence-corrected chi connectivity index (χ0v) is 31.2.